The second-order valence-corrected chi connectivity index (χ2v) is 11.1. The van der Waals surface area contributed by atoms with Gasteiger partial charge in [-0.25, -0.2) is 0 Å². The van der Waals surface area contributed by atoms with Crippen molar-refractivity contribution < 1.29 is 24.3 Å². The first kappa shape index (κ1) is 22.6. The molecule has 0 spiro atoms. The molecule has 4 aliphatic carbocycles. The zero-order chi connectivity index (χ0) is 22.6. The van der Waals surface area contributed by atoms with Gasteiger partial charge in [-0.15, -0.1) is 0 Å². The maximum atomic E-state index is 12.2. The summed E-state index contributed by atoms with van der Waals surface area (Å²) < 4.78 is 12.0. The van der Waals surface area contributed by atoms with Crippen LogP contribution in [0.5, 0.6) is 0 Å². The Morgan fingerprint density at radius 1 is 0.968 bits per heavy atom. The van der Waals surface area contributed by atoms with Crippen molar-refractivity contribution in [3.8, 4) is 0 Å². The van der Waals surface area contributed by atoms with E-state index in [4.69, 9.17) is 9.47 Å². The highest BCUT2D eigenvalue weighted by molar-refractivity contribution is 5.85. The molecule has 0 aromatic rings. The largest absolute Gasteiger partial charge is 0.458 e. The molecule has 4 rings (SSSR count). The fraction of sp³-hybridized carbons (Fsp3) is 0.880. The monoisotopic (exact) mass is 433 g/mol. The summed E-state index contributed by atoms with van der Waals surface area (Å²) in [5, 5.41) is 13.0. The number of carbonyl (C=O) groups excluding carboxylic acids is 2. The molecule has 6 nitrogen and oxygen atoms in total. The third-order valence-corrected chi connectivity index (χ3v) is 9.97. The van der Waals surface area contributed by atoms with Gasteiger partial charge in [0.25, 0.3) is 0 Å². The molecule has 0 radical (unpaired) electrons. The second-order valence-electron chi connectivity index (χ2n) is 11.1. The van der Waals surface area contributed by atoms with Crippen LogP contribution in [-0.4, -0.2) is 35.1 Å². The van der Waals surface area contributed by atoms with Gasteiger partial charge >= 0.3 is 11.9 Å². The highest BCUT2D eigenvalue weighted by atomic mass is 16.6. The van der Waals surface area contributed by atoms with Crippen LogP contribution in [0.4, 0.5) is 0 Å². The average molecular weight is 434 g/mol. The topological polar surface area (TPSA) is 85.2 Å². The van der Waals surface area contributed by atoms with Crippen molar-refractivity contribution in [2.45, 2.75) is 98.2 Å². The molecule has 0 saturated heterocycles. The molecule has 0 aromatic carbocycles. The molecule has 0 aliphatic heterocycles. The Morgan fingerprint density at radius 2 is 1.61 bits per heavy atom. The minimum Gasteiger partial charge on any atom is -0.458 e. The van der Waals surface area contributed by atoms with Crippen LogP contribution in [0.2, 0.25) is 0 Å². The maximum Gasteiger partial charge on any atom is 0.303 e. The first-order valence-corrected chi connectivity index (χ1v) is 12.2. The van der Waals surface area contributed by atoms with Crippen LogP contribution < -0.4 is 0 Å². The lowest BCUT2D eigenvalue weighted by molar-refractivity contribution is -0.230. The van der Waals surface area contributed by atoms with Crippen molar-refractivity contribution in [1.29, 1.82) is 0 Å². The molecule has 6 heteroatoms. The predicted molar refractivity (Wildman–Crippen MR) is 117 cm³/mol. The normalized spacial score (nSPS) is 47.8. The van der Waals surface area contributed by atoms with Gasteiger partial charge in [0.2, 0.25) is 0 Å². The summed E-state index contributed by atoms with van der Waals surface area (Å²) in [5.41, 5.74) is 0.985. The van der Waals surface area contributed by atoms with Gasteiger partial charge in [0, 0.05) is 25.7 Å². The van der Waals surface area contributed by atoms with E-state index in [0.29, 0.717) is 24.2 Å². The number of rotatable bonds is 3. The summed E-state index contributed by atoms with van der Waals surface area (Å²) >= 11 is 0. The Morgan fingerprint density at radius 3 is 2.23 bits per heavy atom. The molecule has 4 aliphatic rings. The van der Waals surface area contributed by atoms with Gasteiger partial charge in [-0.1, -0.05) is 32.3 Å². The third-order valence-electron chi connectivity index (χ3n) is 9.97. The van der Waals surface area contributed by atoms with Crippen molar-refractivity contribution in [3.05, 3.63) is 0 Å². The molecule has 9 atom stereocenters. The van der Waals surface area contributed by atoms with Crippen LogP contribution in [0.25, 0.3) is 0 Å². The van der Waals surface area contributed by atoms with Crippen molar-refractivity contribution in [2.24, 2.45) is 45.6 Å². The molecule has 1 N–H and O–H groups in total. The first-order valence-electron chi connectivity index (χ1n) is 12.2. The quantitative estimate of drug-likeness (QED) is 0.386. The Kier molecular flexibility index (Phi) is 5.89. The number of carbonyl (C=O) groups is 2. The van der Waals surface area contributed by atoms with Crippen molar-refractivity contribution in [2.75, 3.05) is 0 Å². The molecule has 0 heterocycles. The summed E-state index contributed by atoms with van der Waals surface area (Å²) in [7, 11) is 0. The predicted octanol–water partition coefficient (Wildman–Crippen LogP) is 4.97. The molecule has 31 heavy (non-hydrogen) atoms. The molecule has 4 saturated carbocycles. The van der Waals surface area contributed by atoms with Gasteiger partial charge in [-0.3, -0.25) is 9.59 Å². The number of nitrogens with zero attached hydrogens (tertiary/aromatic N) is 1. The van der Waals surface area contributed by atoms with E-state index in [2.05, 4.69) is 25.9 Å². The Hall–Kier alpha value is -1.59. The van der Waals surface area contributed by atoms with Crippen LogP contribution >= 0.6 is 0 Å². The second kappa shape index (κ2) is 8.08. The molecule has 174 valence electrons. The van der Waals surface area contributed by atoms with E-state index in [1.807, 2.05) is 0 Å². The van der Waals surface area contributed by atoms with Gasteiger partial charge in [0.05, 0.1) is 5.71 Å². The van der Waals surface area contributed by atoms with Gasteiger partial charge in [-0.05, 0) is 73.5 Å². The summed E-state index contributed by atoms with van der Waals surface area (Å²) in [6.07, 6.45) is 7.27. The lowest BCUT2D eigenvalue weighted by Gasteiger charge is -2.63. The van der Waals surface area contributed by atoms with Gasteiger partial charge in [0.1, 0.15) is 12.2 Å². The number of esters is 2. The van der Waals surface area contributed by atoms with Crippen LogP contribution in [0.3, 0.4) is 0 Å². The summed E-state index contributed by atoms with van der Waals surface area (Å²) in [5.74, 6) is 1.15. The lowest BCUT2D eigenvalue weighted by Crippen LogP contribution is -2.65. The SMILES string of the molecule is CC[C@H]1CCC2C3C(CC[C@@]21C)[C@@]1(C)CC/C(=N/O)CC1[C@@H](OC(C)=O)[C@@H]3OC(C)=O. The lowest BCUT2D eigenvalue weighted by atomic mass is 9.43. The van der Waals surface area contributed by atoms with E-state index < -0.39 is 12.2 Å². The Labute approximate surface area is 186 Å². The highest BCUT2D eigenvalue weighted by Crippen LogP contribution is 2.68. The van der Waals surface area contributed by atoms with Gasteiger partial charge < -0.3 is 14.7 Å². The van der Waals surface area contributed by atoms with Crippen molar-refractivity contribution >= 4 is 17.7 Å². The van der Waals surface area contributed by atoms with Crippen molar-refractivity contribution in [1.82, 2.24) is 0 Å². The standard InChI is InChI=1S/C25H39NO5/c1-6-16-7-8-18-21-19(10-12-24(16,18)4)25(5)11-9-17(26-29)13-20(25)22(30-14(2)27)23(21)31-15(3)28/h16,18-23,29H,6-13H2,1-5H3/b26-17-/t16-,18?,19?,20?,21?,22+,23+,24+,25+/m0/s1. The number of hydrogen-bond acceptors (Lipinski definition) is 6. The molecule has 0 aromatic heterocycles. The Bertz CT molecular complexity index is 765. The third kappa shape index (κ3) is 3.48. The fourth-order valence-electron chi connectivity index (χ4n) is 8.56. The van der Waals surface area contributed by atoms with E-state index in [9.17, 15) is 14.8 Å². The van der Waals surface area contributed by atoms with E-state index in [-0.39, 0.29) is 34.6 Å². The number of oxime groups is 1. The van der Waals surface area contributed by atoms with E-state index in [1.54, 1.807) is 0 Å². The minimum absolute atomic E-state index is 0.00520. The molecule has 0 bridgehead atoms. The first-order chi connectivity index (χ1) is 14.7. The van der Waals surface area contributed by atoms with Crippen LogP contribution in [-0.2, 0) is 19.1 Å². The fourth-order valence-corrected chi connectivity index (χ4v) is 8.56. The Balaban J connectivity index is 1.81. The summed E-state index contributed by atoms with van der Waals surface area (Å²) in [6.45, 7) is 9.99. The molecular weight excluding hydrogens is 394 g/mol. The summed E-state index contributed by atoms with van der Waals surface area (Å²) in [4.78, 5) is 24.4. The van der Waals surface area contributed by atoms with Crippen LogP contribution in [0, 0.1) is 40.4 Å². The van der Waals surface area contributed by atoms with Crippen LogP contribution in [0.15, 0.2) is 5.16 Å². The minimum atomic E-state index is -0.493. The van der Waals surface area contributed by atoms with E-state index >= 15 is 0 Å². The molecular formula is C25H39NO5. The number of hydrogen-bond donors (Lipinski definition) is 1. The number of ether oxygens (including phenoxy) is 2. The van der Waals surface area contributed by atoms with Crippen molar-refractivity contribution in [3.63, 3.8) is 0 Å². The zero-order valence-corrected chi connectivity index (χ0v) is 19.7. The molecule has 0 amide bonds. The van der Waals surface area contributed by atoms with E-state index in [0.717, 1.165) is 31.4 Å². The van der Waals surface area contributed by atoms with Crippen LogP contribution in [0.1, 0.15) is 86.0 Å². The van der Waals surface area contributed by atoms with Gasteiger partial charge in [0.15, 0.2) is 0 Å². The van der Waals surface area contributed by atoms with Gasteiger partial charge in [-0.2, -0.15) is 0 Å². The molecule has 4 fully saturated rings. The molecule has 4 unspecified atom stereocenters. The average Bonchev–Trinajstić information content (AvgIpc) is 3.05. The summed E-state index contributed by atoms with van der Waals surface area (Å²) in [6, 6.07) is 0. The smallest absolute Gasteiger partial charge is 0.303 e. The number of fused-ring (bicyclic) bond motifs is 5. The van der Waals surface area contributed by atoms with E-state index in [1.165, 1.54) is 33.1 Å². The maximum absolute atomic E-state index is 12.2. The highest BCUT2D eigenvalue weighted by Gasteiger charge is 2.66. The zero-order valence-electron chi connectivity index (χ0n) is 19.7.